The molecule has 23 heavy (non-hydrogen) atoms. The molecule has 122 valence electrons. The van der Waals surface area contributed by atoms with Gasteiger partial charge in [0.05, 0.1) is 0 Å². The van der Waals surface area contributed by atoms with Crippen LogP contribution in [-0.4, -0.2) is 0 Å². The van der Waals surface area contributed by atoms with Gasteiger partial charge in [0.2, 0.25) is 5.69 Å². The molecule has 1 heteroatoms. The molecule has 1 nitrogen and oxygen atoms in total. The van der Waals surface area contributed by atoms with E-state index < -0.39 is 12.7 Å². The number of benzene rings is 1. The molecule has 0 atom stereocenters. The van der Waals surface area contributed by atoms with Gasteiger partial charge in [-0.2, -0.15) is 0 Å². The van der Waals surface area contributed by atoms with Crippen LogP contribution >= 0.6 is 0 Å². The van der Waals surface area contributed by atoms with E-state index in [-0.39, 0.29) is 0 Å². The van der Waals surface area contributed by atoms with E-state index in [9.17, 15) is 0 Å². The van der Waals surface area contributed by atoms with Crippen molar-refractivity contribution in [3.05, 3.63) is 53.2 Å². The van der Waals surface area contributed by atoms with Gasteiger partial charge in [0, 0.05) is 23.2 Å². The molecular formula is C22H30N+. The first kappa shape index (κ1) is 11.8. The van der Waals surface area contributed by atoms with E-state index in [0.717, 1.165) is 48.1 Å². The van der Waals surface area contributed by atoms with Crippen LogP contribution in [0.3, 0.4) is 0 Å². The molecule has 1 aliphatic rings. The zero-order chi connectivity index (χ0) is 20.0. The largest absolute Gasteiger partial charge is 0.212 e. The molecule has 1 fully saturated rings. The summed E-state index contributed by atoms with van der Waals surface area (Å²) in [7, 11) is 2.00. The van der Waals surface area contributed by atoms with Gasteiger partial charge < -0.3 is 0 Å². The number of aromatic nitrogens is 1. The summed E-state index contributed by atoms with van der Waals surface area (Å²) < 4.78 is 34.0. The fourth-order valence-corrected chi connectivity index (χ4v) is 3.53. The number of hydrogen-bond acceptors (Lipinski definition) is 0. The van der Waals surface area contributed by atoms with Gasteiger partial charge in [0.15, 0.2) is 6.20 Å². The van der Waals surface area contributed by atoms with Crippen LogP contribution in [0, 0.1) is 19.2 Å². The molecule has 1 saturated carbocycles. The summed E-state index contributed by atoms with van der Waals surface area (Å²) in [5, 5.41) is 0. The van der Waals surface area contributed by atoms with Gasteiger partial charge >= 0.3 is 0 Å². The van der Waals surface area contributed by atoms with Crippen LogP contribution in [0.5, 0.6) is 0 Å². The van der Waals surface area contributed by atoms with Gasteiger partial charge in [-0.25, -0.2) is 4.57 Å². The van der Waals surface area contributed by atoms with Gasteiger partial charge in [-0.15, -0.1) is 0 Å². The molecule has 0 N–H and O–H groups in total. The lowest BCUT2D eigenvalue weighted by molar-refractivity contribution is -0.660. The molecule has 0 aliphatic heterocycles. The molecule has 0 saturated heterocycles. The van der Waals surface area contributed by atoms with Crippen molar-refractivity contribution in [3.63, 3.8) is 0 Å². The van der Waals surface area contributed by atoms with Crippen LogP contribution in [0.2, 0.25) is 0 Å². The van der Waals surface area contributed by atoms with E-state index >= 15 is 0 Å². The lowest BCUT2D eigenvalue weighted by Crippen LogP contribution is -2.31. The molecular weight excluding hydrogens is 278 g/mol. The highest BCUT2D eigenvalue weighted by Crippen LogP contribution is 2.42. The first-order valence-electron chi connectivity index (χ1n) is 10.5. The topological polar surface area (TPSA) is 3.88 Å². The van der Waals surface area contributed by atoms with E-state index in [1.807, 2.05) is 26.2 Å². The maximum absolute atomic E-state index is 9.05. The van der Waals surface area contributed by atoms with E-state index in [1.54, 1.807) is 12.1 Å². The highest BCUT2D eigenvalue weighted by molar-refractivity contribution is 5.62. The lowest BCUT2D eigenvalue weighted by atomic mass is 9.71. The maximum atomic E-state index is 9.05. The van der Waals surface area contributed by atoms with Crippen molar-refractivity contribution in [2.24, 2.45) is 12.5 Å². The fraction of sp³-hybridized carbons (Fsp3) is 0.500. The molecule has 0 radical (unpaired) electrons. The number of rotatable bonds is 2. The standard InChI is InChI=1S/C22H30N/c1-16-6-7-20(17(2)14-16)21-15-19(10-13-23(21)5)18-8-11-22(3,4)12-9-18/h6-7,10,13-15,18H,8-9,11-12H2,1-5H3/q+1/i1D3,18D. The van der Waals surface area contributed by atoms with E-state index in [1.165, 1.54) is 0 Å². The zero-order valence-corrected chi connectivity index (χ0v) is 14.7. The third-order valence-corrected chi connectivity index (χ3v) is 5.27. The van der Waals surface area contributed by atoms with Gasteiger partial charge in [-0.1, -0.05) is 31.5 Å². The SMILES string of the molecule is [2H]C([2H])([2H])c1ccc(-c2cc(C3([2H])CCC(C)(C)CC3)cc[n+]2C)c(C)c1. The molecule has 3 rings (SSSR count). The van der Waals surface area contributed by atoms with Crippen LogP contribution in [0.4, 0.5) is 0 Å². The molecule has 0 spiro atoms. The minimum atomic E-state index is -2.09. The third-order valence-electron chi connectivity index (χ3n) is 5.27. The van der Waals surface area contributed by atoms with Gasteiger partial charge in [0.1, 0.15) is 7.05 Å². The average Bonchev–Trinajstić information content (AvgIpc) is 2.58. The normalized spacial score (nSPS) is 22.6. The average molecular weight is 313 g/mol. The van der Waals surface area contributed by atoms with Gasteiger partial charge in [0.25, 0.3) is 0 Å². The number of nitrogens with zero attached hydrogens (tertiary/aromatic N) is 1. The molecule has 1 heterocycles. The summed E-state index contributed by atoms with van der Waals surface area (Å²) in [6, 6.07) is 9.55. The summed E-state index contributed by atoms with van der Waals surface area (Å²) in [5.41, 5.74) is 4.75. The second-order valence-corrected chi connectivity index (χ2v) is 7.71. The molecule has 2 aromatic rings. The van der Waals surface area contributed by atoms with Gasteiger partial charge in [-0.3, -0.25) is 0 Å². The van der Waals surface area contributed by atoms with Crippen molar-refractivity contribution in [3.8, 4) is 11.3 Å². The highest BCUT2D eigenvalue weighted by atomic mass is 14.9. The Bertz CT molecular complexity index is 842. The lowest BCUT2D eigenvalue weighted by Gasteiger charge is -2.34. The monoisotopic (exact) mass is 312 g/mol. The quantitative estimate of drug-likeness (QED) is 0.647. The molecule has 1 aromatic carbocycles. The Morgan fingerprint density at radius 2 is 1.91 bits per heavy atom. The highest BCUT2D eigenvalue weighted by Gasteiger charge is 2.28. The maximum Gasteiger partial charge on any atom is 0.212 e. The number of pyridine rings is 1. The Balaban J connectivity index is 2.00. The minimum Gasteiger partial charge on any atom is -0.201 e. The summed E-state index contributed by atoms with van der Waals surface area (Å²) in [6.07, 6.45) is 5.92. The molecule has 0 bridgehead atoms. The van der Waals surface area contributed by atoms with E-state index in [0.29, 0.717) is 11.0 Å². The van der Waals surface area contributed by atoms with E-state index in [2.05, 4.69) is 30.5 Å². The van der Waals surface area contributed by atoms with Crippen LogP contribution in [0.1, 0.15) is 67.6 Å². The summed E-state index contributed by atoms with van der Waals surface area (Å²) in [4.78, 5) is 0. The third kappa shape index (κ3) is 3.49. The Labute approximate surface area is 147 Å². The Morgan fingerprint density at radius 1 is 1.17 bits per heavy atom. The van der Waals surface area contributed by atoms with Gasteiger partial charge in [-0.05, 0) is 68.0 Å². The molecule has 0 amide bonds. The summed E-state index contributed by atoms with van der Waals surface area (Å²) in [5.74, 6) is -0.537. The van der Waals surface area contributed by atoms with Crippen molar-refractivity contribution < 1.29 is 10.1 Å². The van der Waals surface area contributed by atoms with Crippen molar-refractivity contribution in [1.82, 2.24) is 0 Å². The minimum absolute atomic E-state index is 0.328. The molecule has 0 unspecified atom stereocenters. The Morgan fingerprint density at radius 3 is 2.57 bits per heavy atom. The first-order chi connectivity index (χ1) is 12.4. The van der Waals surface area contributed by atoms with Crippen molar-refractivity contribution in [2.75, 3.05) is 0 Å². The Hall–Kier alpha value is -1.63. The van der Waals surface area contributed by atoms with Crippen molar-refractivity contribution in [1.29, 1.82) is 0 Å². The number of hydrogen-bond donors (Lipinski definition) is 0. The molecule has 1 aliphatic carbocycles. The van der Waals surface area contributed by atoms with Crippen LogP contribution in [-0.2, 0) is 7.05 Å². The predicted molar refractivity (Wildman–Crippen MR) is 97.5 cm³/mol. The van der Waals surface area contributed by atoms with Crippen molar-refractivity contribution in [2.45, 2.75) is 59.2 Å². The molecule has 1 aromatic heterocycles. The first-order valence-corrected chi connectivity index (χ1v) is 8.53. The second-order valence-electron chi connectivity index (χ2n) is 7.71. The van der Waals surface area contributed by atoms with Crippen LogP contribution in [0.15, 0.2) is 36.5 Å². The predicted octanol–water partition coefficient (Wildman–Crippen LogP) is 5.48. The van der Waals surface area contributed by atoms with Crippen LogP contribution < -0.4 is 4.57 Å². The smallest absolute Gasteiger partial charge is 0.201 e. The number of aryl methyl sites for hydroxylation is 3. The zero-order valence-electron chi connectivity index (χ0n) is 18.7. The summed E-state index contributed by atoms with van der Waals surface area (Å²) in [6.45, 7) is 4.45. The van der Waals surface area contributed by atoms with E-state index in [4.69, 9.17) is 5.48 Å². The van der Waals surface area contributed by atoms with Crippen LogP contribution in [0.25, 0.3) is 11.3 Å². The summed E-state index contributed by atoms with van der Waals surface area (Å²) >= 11 is 0. The second kappa shape index (κ2) is 6.11. The Kier molecular flexibility index (Phi) is 3.14. The fourth-order valence-electron chi connectivity index (χ4n) is 3.53. The van der Waals surface area contributed by atoms with Crippen molar-refractivity contribution >= 4 is 0 Å².